The number of nitrogens with zero attached hydrogens (tertiary/aromatic N) is 1. The average Bonchev–Trinajstić information content (AvgIpc) is 3.07. The van der Waals surface area contributed by atoms with E-state index in [1.54, 1.807) is 14.0 Å². The lowest BCUT2D eigenvalue weighted by atomic mass is 9.86. The first-order valence-corrected chi connectivity index (χ1v) is 9.33. The molecule has 7 nitrogen and oxygen atoms in total. The van der Waals surface area contributed by atoms with Crippen LogP contribution in [-0.2, 0) is 9.53 Å². The van der Waals surface area contributed by atoms with Crippen molar-refractivity contribution in [3.05, 3.63) is 30.0 Å². The second-order valence-electron chi connectivity index (χ2n) is 8.27. The lowest BCUT2D eigenvalue weighted by molar-refractivity contribution is -0.156. The number of amides is 2. The first kappa shape index (κ1) is 19.9. The molecule has 0 radical (unpaired) electrons. The van der Waals surface area contributed by atoms with Crippen molar-refractivity contribution in [1.82, 2.24) is 10.3 Å². The SMILES string of the molecule is COc1cc(C2NC(=O)N=C(C)C2C(=O)OC(C)C(C)(C)C)cc2cc[nH]c12. The molecule has 3 atom stereocenters. The van der Waals surface area contributed by atoms with E-state index in [2.05, 4.69) is 15.3 Å². The Morgan fingerprint density at radius 3 is 2.64 bits per heavy atom. The molecule has 2 aromatic rings. The zero-order valence-corrected chi connectivity index (χ0v) is 17.1. The summed E-state index contributed by atoms with van der Waals surface area (Å²) in [4.78, 5) is 32.2. The van der Waals surface area contributed by atoms with Crippen molar-refractivity contribution in [1.29, 1.82) is 0 Å². The minimum absolute atomic E-state index is 0.193. The number of carbonyl (C=O) groups excluding carboxylic acids is 2. The number of rotatable bonds is 4. The van der Waals surface area contributed by atoms with E-state index in [0.717, 1.165) is 16.5 Å². The second kappa shape index (κ2) is 7.30. The van der Waals surface area contributed by atoms with E-state index in [4.69, 9.17) is 9.47 Å². The molecule has 1 aliphatic heterocycles. The molecular weight excluding hydrogens is 358 g/mol. The topological polar surface area (TPSA) is 92.8 Å². The molecule has 3 rings (SSSR count). The molecule has 2 N–H and O–H groups in total. The van der Waals surface area contributed by atoms with Crippen LogP contribution in [0, 0.1) is 11.3 Å². The molecule has 3 unspecified atom stereocenters. The minimum atomic E-state index is -0.705. The molecule has 0 bridgehead atoms. The number of aromatic nitrogens is 1. The number of fused-ring (bicyclic) bond motifs is 1. The summed E-state index contributed by atoms with van der Waals surface area (Å²) in [5.41, 5.74) is 1.87. The predicted molar refractivity (Wildman–Crippen MR) is 108 cm³/mol. The van der Waals surface area contributed by atoms with Gasteiger partial charge < -0.3 is 19.8 Å². The summed E-state index contributed by atoms with van der Waals surface area (Å²) in [5.74, 6) is -0.465. The van der Waals surface area contributed by atoms with Gasteiger partial charge in [-0.1, -0.05) is 20.8 Å². The molecule has 28 heavy (non-hydrogen) atoms. The predicted octanol–water partition coefficient (Wildman–Crippen LogP) is 4.00. The molecule has 2 amide bonds. The number of H-pyrrole nitrogens is 1. The Bertz CT molecular complexity index is 939. The highest BCUT2D eigenvalue weighted by molar-refractivity contribution is 6.08. The Kier molecular flexibility index (Phi) is 5.19. The summed E-state index contributed by atoms with van der Waals surface area (Å²) < 4.78 is 11.2. The summed E-state index contributed by atoms with van der Waals surface area (Å²) in [6.45, 7) is 9.59. The molecule has 1 aromatic carbocycles. The summed E-state index contributed by atoms with van der Waals surface area (Å²) in [6, 6.07) is 4.63. The minimum Gasteiger partial charge on any atom is -0.495 e. The zero-order chi connectivity index (χ0) is 20.6. The van der Waals surface area contributed by atoms with Gasteiger partial charge in [-0.25, -0.2) is 9.79 Å². The third-order valence-corrected chi connectivity index (χ3v) is 5.33. The Balaban J connectivity index is 2.01. The molecule has 0 fully saturated rings. The van der Waals surface area contributed by atoms with Crippen molar-refractivity contribution in [3.8, 4) is 5.75 Å². The Morgan fingerprint density at radius 2 is 2.00 bits per heavy atom. The maximum Gasteiger partial charge on any atom is 0.341 e. The number of carbonyl (C=O) groups is 2. The number of aromatic amines is 1. The molecule has 0 spiro atoms. The first-order valence-electron chi connectivity index (χ1n) is 9.33. The maximum absolute atomic E-state index is 13.0. The summed E-state index contributed by atoms with van der Waals surface area (Å²) >= 11 is 0. The Hall–Kier alpha value is -2.83. The van der Waals surface area contributed by atoms with Crippen LogP contribution in [0.2, 0.25) is 0 Å². The Labute approximate surface area is 164 Å². The summed E-state index contributed by atoms with van der Waals surface area (Å²) in [7, 11) is 1.59. The highest BCUT2D eigenvalue weighted by Gasteiger charge is 2.40. The molecular formula is C21H27N3O4. The number of methoxy groups -OCH3 is 1. The third-order valence-electron chi connectivity index (χ3n) is 5.33. The number of urea groups is 1. The molecule has 1 aromatic heterocycles. The van der Waals surface area contributed by atoms with E-state index in [1.165, 1.54) is 0 Å². The number of ether oxygens (including phenoxy) is 2. The molecule has 0 saturated heterocycles. The van der Waals surface area contributed by atoms with Gasteiger partial charge >= 0.3 is 12.0 Å². The summed E-state index contributed by atoms with van der Waals surface area (Å²) in [6.07, 6.45) is 1.53. The Morgan fingerprint density at radius 1 is 1.29 bits per heavy atom. The fraction of sp³-hybridized carbons (Fsp3) is 0.476. The van der Waals surface area contributed by atoms with Gasteiger partial charge in [-0.05, 0) is 43.0 Å². The van der Waals surface area contributed by atoms with Crippen LogP contribution in [0.3, 0.4) is 0 Å². The zero-order valence-electron chi connectivity index (χ0n) is 17.1. The van der Waals surface area contributed by atoms with Gasteiger partial charge in [0.15, 0.2) is 0 Å². The molecule has 0 saturated carbocycles. The van der Waals surface area contributed by atoms with Crippen LogP contribution < -0.4 is 10.1 Å². The monoisotopic (exact) mass is 385 g/mol. The normalized spacial score (nSPS) is 21.1. The van der Waals surface area contributed by atoms with Crippen LogP contribution in [0.1, 0.15) is 46.2 Å². The van der Waals surface area contributed by atoms with Crippen LogP contribution in [0.25, 0.3) is 10.9 Å². The van der Waals surface area contributed by atoms with Gasteiger partial charge in [0.25, 0.3) is 0 Å². The van der Waals surface area contributed by atoms with Crippen molar-refractivity contribution < 1.29 is 19.1 Å². The number of hydrogen-bond acceptors (Lipinski definition) is 4. The second-order valence-corrected chi connectivity index (χ2v) is 8.27. The molecule has 150 valence electrons. The maximum atomic E-state index is 13.0. The first-order chi connectivity index (χ1) is 13.1. The summed E-state index contributed by atoms with van der Waals surface area (Å²) in [5, 5.41) is 3.75. The van der Waals surface area contributed by atoms with Crippen LogP contribution in [0.15, 0.2) is 29.4 Å². The quantitative estimate of drug-likeness (QED) is 0.778. The van der Waals surface area contributed by atoms with E-state index in [-0.39, 0.29) is 11.5 Å². The van der Waals surface area contributed by atoms with Crippen molar-refractivity contribution in [3.63, 3.8) is 0 Å². The lowest BCUT2D eigenvalue weighted by Crippen LogP contribution is -2.45. The number of hydrogen-bond donors (Lipinski definition) is 2. The van der Waals surface area contributed by atoms with Crippen LogP contribution in [-0.4, -0.2) is 35.9 Å². The number of nitrogens with one attached hydrogen (secondary N) is 2. The average molecular weight is 385 g/mol. The van der Waals surface area contributed by atoms with Gasteiger partial charge in [0.2, 0.25) is 0 Å². The standard InChI is InChI=1S/C21H27N3O4/c1-11-16(19(25)28-12(2)21(3,4)5)18(24-20(26)23-11)14-9-13-7-8-22-17(13)15(10-14)27-6/h7-10,12,16,18,22H,1-6H3,(H,24,26). The van der Waals surface area contributed by atoms with E-state index in [1.807, 2.05) is 52.1 Å². The van der Waals surface area contributed by atoms with Gasteiger partial charge in [0.1, 0.15) is 17.8 Å². The number of aliphatic imine (C=N–C) groups is 1. The lowest BCUT2D eigenvalue weighted by Gasteiger charge is -2.33. The third kappa shape index (κ3) is 3.74. The van der Waals surface area contributed by atoms with Crippen molar-refractivity contribution >= 4 is 28.6 Å². The van der Waals surface area contributed by atoms with E-state index < -0.39 is 24.0 Å². The van der Waals surface area contributed by atoms with Crippen LogP contribution in [0.5, 0.6) is 5.75 Å². The van der Waals surface area contributed by atoms with Crippen LogP contribution >= 0.6 is 0 Å². The van der Waals surface area contributed by atoms with E-state index in [0.29, 0.717) is 11.5 Å². The highest BCUT2D eigenvalue weighted by atomic mass is 16.5. The molecule has 1 aliphatic rings. The van der Waals surface area contributed by atoms with E-state index >= 15 is 0 Å². The number of esters is 1. The van der Waals surface area contributed by atoms with Gasteiger partial charge in [-0.3, -0.25) is 4.79 Å². The largest absolute Gasteiger partial charge is 0.495 e. The fourth-order valence-electron chi connectivity index (χ4n) is 3.23. The highest BCUT2D eigenvalue weighted by Crippen LogP contribution is 2.35. The molecule has 7 heteroatoms. The molecule has 2 heterocycles. The van der Waals surface area contributed by atoms with Crippen LogP contribution in [0.4, 0.5) is 4.79 Å². The van der Waals surface area contributed by atoms with Gasteiger partial charge in [-0.15, -0.1) is 0 Å². The molecule has 0 aliphatic carbocycles. The fourth-order valence-corrected chi connectivity index (χ4v) is 3.23. The van der Waals surface area contributed by atoms with Crippen molar-refractivity contribution in [2.75, 3.05) is 7.11 Å². The van der Waals surface area contributed by atoms with E-state index in [9.17, 15) is 9.59 Å². The van der Waals surface area contributed by atoms with Crippen molar-refractivity contribution in [2.24, 2.45) is 16.3 Å². The van der Waals surface area contributed by atoms with Crippen molar-refractivity contribution in [2.45, 2.75) is 46.8 Å². The number of benzene rings is 1. The van der Waals surface area contributed by atoms with Gasteiger partial charge in [0.05, 0.1) is 18.7 Å². The van der Waals surface area contributed by atoms with Gasteiger partial charge in [0, 0.05) is 17.3 Å². The smallest absolute Gasteiger partial charge is 0.341 e. The van der Waals surface area contributed by atoms with Gasteiger partial charge in [-0.2, -0.15) is 0 Å².